The molecule has 0 heterocycles. The van der Waals surface area contributed by atoms with Gasteiger partial charge in [-0.3, -0.25) is 4.79 Å². The molecule has 20 heavy (non-hydrogen) atoms. The van der Waals surface area contributed by atoms with Gasteiger partial charge in [-0.1, -0.05) is 17.7 Å². The maximum atomic E-state index is 13.4. The van der Waals surface area contributed by atoms with Crippen LogP contribution in [0.5, 0.6) is 0 Å². The first-order chi connectivity index (χ1) is 9.40. The molecule has 2 rings (SSSR count). The van der Waals surface area contributed by atoms with Gasteiger partial charge in [0.2, 0.25) is 0 Å². The van der Waals surface area contributed by atoms with Crippen molar-refractivity contribution in [1.82, 2.24) is 0 Å². The van der Waals surface area contributed by atoms with Crippen LogP contribution < -0.4 is 5.32 Å². The first-order valence-corrected chi connectivity index (χ1v) is 6.47. The molecule has 0 saturated heterocycles. The highest BCUT2D eigenvalue weighted by molar-refractivity contribution is 9.10. The Hall–Kier alpha value is -1.53. The number of anilines is 1. The van der Waals surface area contributed by atoms with Gasteiger partial charge in [-0.15, -0.1) is 0 Å². The summed E-state index contributed by atoms with van der Waals surface area (Å²) in [5.41, 5.74) is -0.393. The lowest BCUT2D eigenvalue weighted by atomic mass is 10.2. The molecule has 2 aromatic carbocycles. The third-order valence-electron chi connectivity index (χ3n) is 2.45. The van der Waals surface area contributed by atoms with Crippen LogP contribution in [0, 0.1) is 17.5 Å². The molecule has 0 unspecified atom stereocenters. The molecular formula is C13H6BrClF3NO. The smallest absolute Gasteiger partial charge is 0.257 e. The van der Waals surface area contributed by atoms with Gasteiger partial charge in [0.15, 0.2) is 11.6 Å². The second-order valence-corrected chi connectivity index (χ2v) is 5.03. The molecule has 0 aliphatic heterocycles. The van der Waals surface area contributed by atoms with Crippen molar-refractivity contribution in [1.29, 1.82) is 0 Å². The number of benzene rings is 2. The van der Waals surface area contributed by atoms with Gasteiger partial charge in [-0.2, -0.15) is 0 Å². The van der Waals surface area contributed by atoms with Crippen molar-refractivity contribution in [3.8, 4) is 0 Å². The van der Waals surface area contributed by atoms with Crippen LogP contribution in [-0.2, 0) is 0 Å². The Balaban J connectivity index is 2.33. The highest BCUT2D eigenvalue weighted by Gasteiger charge is 2.16. The predicted octanol–water partition coefficient (Wildman–Crippen LogP) is 4.77. The Morgan fingerprint density at radius 2 is 1.75 bits per heavy atom. The number of carbonyl (C=O) groups is 1. The molecule has 0 aromatic heterocycles. The van der Waals surface area contributed by atoms with E-state index in [1.165, 1.54) is 6.07 Å². The number of carbonyl (C=O) groups excluding carboxylic acids is 1. The van der Waals surface area contributed by atoms with Crippen LogP contribution in [-0.4, -0.2) is 5.91 Å². The summed E-state index contributed by atoms with van der Waals surface area (Å²) in [6, 6.07) is 5.52. The number of nitrogens with one attached hydrogen (secondary N) is 1. The highest BCUT2D eigenvalue weighted by Crippen LogP contribution is 2.27. The first kappa shape index (κ1) is 14.9. The fourth-order valence-electron chi connectivity index (χ4n) is 1.49. The van der Waals surface area contributed by atoms with Crippen LogP contribution in [0.4, 0.5) is 18.9 Å². The summed E-state index contributed by atoms with van der Waals surface area (Å²) in [5, 5.41) is 2.27. The maximum Gasteiger partial charge on any atom is 0.257 e. The monoisotopic (exact) mass is 363 g/mol. The van der Waals surface area contributed by atoms with Crippen LogP contribution in [0.15, 0.2) is 34.8 Å². The lowest BCUT2D eigenvalue weighted by Crippen LogP contribution is -2.14. The minimum atomic E-state index is -1.33. The fourth-order valence-corrected chi connectivity index (χ4v) is 2.07. The average molecular weight is 365 g/mol. The summed E-state index contributed by atoms with van der Waals surface area (Å²) >= 11 is 9.05. The Bertz CT molecular complexity index is 694. The molecule has 0 aliphatic carbocycles. The minimum absolute atomic E-state index is 0.0742. The molecule has 2 nitrogen and oxygen atoms in total. The van der Waals surface area contributed by atoms with Crippen molar-refractivity contribution in [3.63, 3.8) is 0 Å². The lowest BCUT2D eigenvalue weighted by Gasteiger charge is -2.09. The topological polar surface area (TPSA) is 29.1 Å². The van der Waals surface area contributed by atoms with E-state index in [4.69, 9.17) is 11.6 Å². The predicted molar refractivity (Wildman–Crippen MR) is 73.4 cm³/mol. The van der Waals surface area contributed by atoms with Crippen molar-refractivity contribution in [3.05, 3.63) is 62.8 Å². The van der Waals surface area contributed by atoms with E-state index in [0.29, 0.717) is 16.6 Å². The summed E-state index contributed by atoms with van der Waals surface area (Å²) in [4.78, 5) is 11.9. The summed E-state index contributed by atoms with van der Waals surface area (Å²) in [6.45, 7) is 0. The van der Waals surface area contributed by atoms with Gasteiger partial charge in [0.25, 0.3) is 5.91 Å². The summed E-state index contributed by atoms with van der Waals surface area (Å²) in [5.74, 6) is -4.41. The Kier molecular flexibility index (Phi) is 4.35. The van der Waals surface area contributed by atoms with Crippen LogP contribution in [0.25, 0.3) is 0 Å². The summed E-state index contributed by atoms with van der Waals surface area (Å²) in [6.07, 6.45) is 0. The van der Waals surface area contributed by atoms with Crippen LogP contribution in [0.2, 0.25) is 5.02 Å². The van der Waals surface area contributed by atoms with Gasteiger partial charge in [0, 0.05) is 16.6 Å². The molecule has 0 saturated carbocycles. The largest absolute Gasteiger partial charge is 0.319 e. The average Bonchev–Trinajstić information content (AvgIpc) is 2.39. The van der Waals surface area contributed by atoms with Crippen molar-refractivity contribution < 1.29 is 18.0 Å². The highest BCUT2D eigenvalue weighted by atomic mass is 79.9. The van der Waals surface area contributed by atoms with Crippen molar-refractivity contribution in [2.75, 3.05) is 5.32 Å². The third-order valence-corrected chi connectivity index (χ3v) is 3.75. The normalized spacial score (nSPS) is 10.4. The van der Waals surface area contributed by atoms with Crippen LogP contribution >= 0.6 is 27.5 Å². The van der Waals surface area contributed by atoms with Gasteiger partial charge in [-0.25, -0.2) is 13.2 Å². The fraction of sp³-hybridized carbons (Fsp3) is 0. The van der Waals surface area contributed by atoms with Gasteiger partial charge < -0.3 is 5.32 Å². The molecule has 0 atom stereocenters. The zero-order valence-corrected chi connectivity index (χ0v) is 12.0. The van der Waals surface area contributed by atoms with Crippen molar-refractivity contribution in [2.24, 2.45) is 0 Å². The van der Waals surface area contributed by atoms with E-state index in [9.17, 15) is 18.0 Å². The van der Waals surface area contributed by atoms with E-state index in [-0.39, 0.29) is 10.6 Å². The zero-order chi connectivity index (χ0) is 14.9. The van der Waals surface area contributed by atoms with Crippen molar-refractivity contribution >= 4 is 39.1 Å². The molecule has 7 heteroatoms. The minimum Gasteiger partial charge on any atom is -0.319 e. The molecule has 104 valence electrons. The van der Waals surface area contributed by atoms with Crippen molar-refractivity contribution in [2.45, 2.75) is 0 Å². The van der Waals surface area contributed by atoms with E-state index in [2.05, 4.69) is 21.2 Å². The number of hydrogen-bond acceptors (Lipinski definition) is 1. The van der Waals surface area contributed by atoms with E-state index in [0.717, 1.165) is 0 Å². The number of rotatable bonds is 2. The lowest BCUT2D eigenvalue weighted by molar-refractivity contribution is 0.102. The quantitative estimate of drug-likeness (QED) is 0.764. The van der Waals surface area contributed by atoms with Crippen LogP contribution in [0.3, 0.4) is 0 Å². The number of hydrogen-bond donors (Lipinski definition) is 1. The van der Waals surface area contributed by atoms with Gasteiger partial charge >= 0.3 is 0 Å². The molecule has 0 fully saturated rings. The van der Waals surface area contributed by atoms with Gasteiger partial charge in [0.05, 0.1) is 16.3 Å². The Morgan fingerprint density at radius 1 is 1.10 bits per heavy atom. The van der Waals surface area contributed by atoms with E-state index in [1.807, 2.05) is 0 Å². The van der Waals surface area contributed by atoms with E-state index < -0.39 is 29.0 Å². The number of amides is 1. The summed E-state index contributed by atoms with van der Waals surface area (Å²) in [7, 11) is 0. The zero-order valence-electron chi connectivity index (χ0n) is 9.68. The Labute approximate surface area is 125 Å². The Morgan fingerprint density at radius 3 is 2.45 bits per heavy atom. The second-order valence-electron chi connectivity index (χ2n) is 3.80. The molecular weight excluding hydrogens is 358 g/mol. The summed E-state index contributed by atoms with van der Waals surface area (Å²) < 4.78 is 39.7. The van der Waals surface area contributed by atoms with Gasteiger partial charge in [0.1, 0.15) is 5.82 Å². The number of halogens is 5. The molecule has 0 bridgehead atoms. The van der Waals surface area contributed by atoms with E-state index in [1.54, 1.807) is 12.1 Å². The molecule has 1 N–H and O–H groups in total. The molecule has 1 amide bonds. The molecule has 0 radical (unpaired) electrons. The SMILES string of the molecule is O=C(Nc1cc(F)c(F)cc1F)c1cccc(Br)c1Cl. The van der Waals surface area contributed by atoms with Gasteiger partial charge in [-0.05, 0) is 28.1 Å². The maximum absolute atomic E-state index is 13.4. The molecule has 0 aliphatic rings. The first-order valence-electron chi connectivity index (χ1n) is 5.30. The molecule has 0 spiro atoms. The van der Waals surface area contributed by atoms with Crippen LogP contribution in [0.1, 0.15) is 10.4 Å². The second kappa shape index (κ2) is 5.85. The molecule has 2 aromatic rings. The third kappa shape index (κ3) is 2.96. The standard InChI is InChI=1S/C13H6BrClF3NO/c14-7-3-1-2-6(12(7)15)13(20)19-11-5-9(17)8(16)4-10(11)18/h1-5H,(H,19,20). The van der Waals surface area contributed by atoms with E-state index >= 15 is 0 Å².